The lowest BCUT2D eigenvalue weighted by atomic mass is 9.96. The fourth-order valence-corrected chi connectivity index (χ4v) is 2.64. The highest BCUT2D eigenvalue weighted by Gasteiger charge is 2.33. The van der Waals surface area contributed by atoms with E-state index in [-0.39, 0.29) is 24.7 Å². The molecule has 0 aromatic heterocycles. The van der Waals surface area contributed by atoms with E-state index in [9.17, 15) is 10.1 Å². The summed E-state index contributed by atoms with van der Waals surface area (Å²) in [5, 5.41) is 9.34. The first-order chi connectivity index (χ1) is 10.3. The van der Waals surface area contributed by atoms with Crippen molar-refractivity contribution in [1.29, 1.82) is 5.26 Å². The number of nitriles is 1. The van der Waals surface area contributed by atoms with Gasteiger partial charge in [0.2, 0.25) is 0 Å². The van der Waals surface area contributed by atoms with Gasteiger partial charge >= 0.3 is 0 Å². The van der Waals surface area contributed by atoms with Gasteiger partial charge in [-0.2, -0.15) is 5.26 Å². The molecule has 1 aromatic carbocycles. The number of ether oxygens (including phenoxy) is 2. The SMILES string of the molecule is COCOC[C@@H](c1ccccc1)N1CCC(=O)C[C@H]1C#N. The summed E-state index contributed by atoms with van der Waals surface area (Å²) in [5.74, 6) is 0.155. The molecule has 1 aromatic rings. The lowest BCUT2D eigenvalue weighted by Crippen LogP contribution is -2.45. The summed E-state index contributed by atoms with van der Waals surface area (Å²) in [4.78, 5) is 13.6. The van der Waals surface area contributed by atoms with Crippen LogP contribution in [-0.2, 0) is 14.3 Å². The summed E-state index contributed by atoms with van der Waals surface area (Å²) in [6.45, 7) is 1.24. The molecular formula is C16H20N2O3. The molecule has 0 bridgehead atoms. The number of benzene rings is 1. The van der Waals surface area contributed by atoms with Gasteiger partial charge in [0.05, 0.1) is 18.7 Å². The van der Waals surface area contributed by atoms with E-state index in [2.05, 4.69) is 11.0 Å². The van der Waals surface area contributed by atoms with Crippen LogP contribution in [0.3, 0.4) is 0 Å². The normalized spacial score (nSPS) is 21.0. The molecule has 0 saturated carbocycles. The predicted octanol–water partition coefficient (Wildman–Crippen LogP) is 1.91. The van der Waals surface area contributed by atoms with E-state index in [1.807, 2.05) is 30.3 Å². The van der Waals surface area contributed by atoms with Crippen LogP contribution in [0.4, 0.5) is 0 Å². The molecule has 5 nitrogen and oxygen atoms in total. The molecular weight excluding hydrogens is 268 g/mol. The maximum atomic E-state index is 11.6. The summed E-state index contributed by atoms with van der Waals surface area (Å²) < 4.78 is 10.4. The van der Waals surface area contributed by atoms with Gasteiger partial charge in [-0.05, 0) is 5.56 Å². The number of carbonyl (C=O) groups is 1. The van der Waals surface area contributed by atoms with Crippen molar-refractivity contribution in [3.05, 3.63) is 35.9 Å². The van der Waals surface area contributed by atoms with Crippen molar-refractivity contribution in [3.63, 3.8) is 0 Å². The van der Waals surface area contributed by atoms with Gasteiger partial charge in [-0.1, -0.05) is 30.3 Å². The molecule has 1 saturated heterocycles. The van der Waals surface area contributed by atoms with Gasteiger partial charge < -0.3 is 9.47 Å². The van der Waals surface area contributed by atoms with Crippen LogP contribution in [0.15, 0.2) is 30.3 Å². The first-order valence-electron chi connectivity index (χ1n) is 7.05. The average molecular weight is 288 g/mol. The molecule has 5 heteroatoms. The maximum absolute atomic E-state index is 11.6. The number of ketones is 1. The highest BCUT2D eigenvalue weighted by Crippen LogP contribution is 2.27. The molecule has 2 atom stereocenters. The van der Waals surface area contributed by atoms with Crippen LogP contribution in [0, 0.1) is 11.3 Å². The van der Waals surface area contributed by atoms with Crippen LogP contribution in [0.25, 0.3) is 0 Å². The zero-order valence-corrected chi connectivity index (χ0v) is 12.2. The van der Waals surface area contributed by atoms with Gasteiger partial charge in [0.1, 0.15) is 18.6 Å². The Bertz CT molecular complexity index is 498. The highest BCUT2D eigenvalue weighted by atomic mass is 16.7. The number of likely N-dealkylation sites (tertiary alicyclic amines) is 1. The molecule has 0 N–H and O–H groups in total. The second-order valence-electron chi connectivity index (χ2n) is 5.08. The second-order valence-corrected chi connectivity index (χ2v) is 5.08. The number of carbonyl (C=O) groups excluding carboxylic acids is 1. The first-order valence-corrected chi connectivity index (χ1v) is 7.05. The number of piperidine rings is 1. The minimum Gasteiger partial charge on any atom is -0.359 e. The Morgan fingerprint density at radius 2 is 2.19 bits per heavy atom. The highest BCUT2D eigenvalue weighted by molar-refractivity contribution is 5.80. The lowest BCUT2D eigenvalue weighted by molar-refractivity contribution is -0.124. The van der Waals surface area contributed by atoms with Crippen LogP contribution in [0.5, 0.6) is 0 Å². The van der Waals surface area contributed by atoms with Crippen LogP contribution < -0.4 is 0 Å². The Labute approximate surface area is 125 Å². The number of nitrogens with zero attached hydrogens (tertiary/aromatic N) is 2. The van der Waals surface area contributed by atoms with Gasteiger partial charge in [-0.25, -0.2) is 0 Å². The number of rotatable bonds is 6. The molecule has 21 heavy (non-hydrogen) atoms. The van der Waals surface area contributed by atoms with Gasteiger partial charge in [0.15, 0.2) is 0 Å². The average Bonchev–Trinajstić information content (AvgIpc) is 2.53. The zero-order valence-electron chi connectivity index (χ0n) is 12.2. The van der Waals surface area contributed by atoms with Crippen LogP contribution in [0.1, 0.15) is 24.4 Å². The predicted molar refractivity (Wildman–Crippen MR) is 77.4 cm³/mol. The van der Waals surface area contributed by atoms with Crippen LogP contribution in [-0.4, -0.2) is 43.8 Å². The molecule has 1 aliphatic heterocycles. The second kappa shape index (κ2) is 7.89. The monoisotopic (exact) mass is 288 g/mol. The Hall–Kier alpha value is -1.74. The molecule has 112 valence electrons. The lowest BCUT2D eigenvalue weighted by Gasteiger charge is -2.37. The van der Waals surface area contributed by atoms with Gasteiger partial charge in [0, 0.05) is 26.5 Å². The maximum Gasteiger partial charge on any atom is 0.146 e. The van der Waals surface area contributed by atoms with Crippen molar-refractivity contribution in [2.45, 2.75) is 24.9 Å². The van der Waals surface area contributed by atoms with Crippen molar-refractivity contribution in [3.8, 4) is 6.07 Å². The van der Waals surface area contributed by atoms with Gasteiger partial charge in [0.25, 0.3) is 0 Å². The Balaban J connectivity index is 2.17. The largest absolute Gasteiger partial charge is 0.359 e. The molecule has 0 spiro atoms. The minimum atomic E-state index is -0.386. The Morgan fingerprint density at radius 3 is 2.86 bits per heavy atom. The number of hydrogen-bond donors (Lipinski definition) is 0. The summed E-state index contributed by atoms with van der Waals surface area (Å²) in [6.07, 6.45) is 0.788. The van der Waals surface area contributed by atoms with E-state index in [0.29, 0.717) is 26.0 Å². The van der Waals surface area contributed by atoms with Gasteiger partial charge in [-0.15, -0.1) is 0 Å². The molecule has 0 unspecified atom stereocenters. The first kappa shape index (κ1) is 15.6. The molecule has 0 radical (unpaired) electrons. The van der Waals surface area contributed by atoms with E-state index >= 15 is 0 Å². The third-order valence-electron chi connectivity index (χ3n) is 3.68. The fourth-order valence-electron chi connectivity index (χ4n) is 2.64. The van der Waals surface area contributed by atoms with Crippen molar-refractivity contribution in [2.24, 2.45) is 0 Å². The van der Waals surface area contributed by atoms with Crippen molar-refractivity contribution >= 4 is 5.78 Å². The third kappa shape index (κ3) is 4.11. The molecule has 1 aliphatic rings. The Morgan fingerprint density at radius 1 is 1.43 bits per heavy atom. The third-order valence-corrected chi connectivity index (χ3v) is 3.68. The van der Waals surface area contributed by atoms with Gasteiger partial charge in [-0.3, -0.25) is 9.69 Å². The quantitative estimate of drug-likeness (QED) is 0.591. The van der Waals surface area contributed by atoms with E-state index in [4.69, 9.17) is 9.47 Å². The minimum absolute atomic E-state index is 0.0425. The van der Waals surface area contributed by atoms with E-state index in [0.717, 1.165) is 5.56 Å². The fraction of sp³-hybridized carbons (Fsp3) is 0.500. The number of hydrogen-bond acceptors (Lipinski definition) is 5. The van der Waals surface area contributed by atoms with E-state index in [1.165, 1.54) is 0 Å². The standard InChI is InChI=1S/C16H20N2O3/c1-20-12-21-11-16(13-5-3-2-4-6-13)18-8-7-15(19)9-14(18)10-17/h2-6,14,16H,7-9,11-12H2,1H3/t14-,16-/m0/s1. The zero-order chi connectivity index (χ0) is 15.1. The molecule has 0 aliphatic carbocycles. The van der Waals surface area contributed by atoms with Crippen LogP contribution in [0.2, 0.25) is 0 Å². The smallest absolute Gasteiger partial charge is 0.146 e. The van der Waals surface area contributed by atoms with Crippen molar-refractivity contribution < 1.29 is 14.3 Å². The van der Waals surface area contributed by atoms with Crippen molar-refractivity contribution in [1.82, 2.24) is 4.90 Å². The van der Waals surface area contributed by atoms with E-state index < -0.39 is 0 Å². The summed E-state index contributed by atoms with van der Waals surface area (Å²) in [7, 11) is 1.58. The molecule has 1 fully saturated rings. The topological polar surface area (TPSA) is 62.6 Å². The van der Waals surface area contributed by atoms with Crippen LogP contribution >= 0.6 is 0 Å². The summed E-state index contributed by atoms with van der Waals surface area (Å²) >= 11 is 0. The summed E-state index contributed by atoms with van der Waals surface area (Å²) in [5.41, 5.74) is 1.09. The molecule has 1 heterocycles. The van der Waals surface area contributed by atoms with E-state index in [1.54, 1.807) is 7.11 Å². The summed E-state index contributed by atoms with van der Waals surface area (Å²) in [6, 6.07) is 11.7. The van der Waals surface area contributed by atoms with Crippen molar-refractivity contribution in [2.75, 3.05) is 27.1 Å². The number of methoxy groups -OCH3 is 1. The Kier molecular flexibility index (Phi) is 5.88. The molecule has 2 rings (SSSR count). The molecule has 0 amide bonds. The number of Topliss-reactive ketones (excluding diaryl/α,β-unsaturated/α-hetero) is 1.